The maximum absolute atomic E-state index is 7.52. The Kier molecular flexibility index (Phi) is 7.46. The lowest BCUT2D eigenvalue weighted by Crippen LogP contribution is -1.96. The lowest BCUT2D eigenvalue weighted by Gasteiger charge is -2.03. The van der Waals surface area contributed by atoms with Crippen LogP contribution < -0.4 is 5.32 Å². The molecule has 0 unspecified atom stereocenters. The smallest absolute Gasteiger partial charge is 0.151 e. The summed E-state index contributed by atoms with van der Waals surface area (Å²) < 4.78 is 5.07. The third-order valence-corrected chi connectivity index (χ3v) is 2.60. The summed E-state index contributed by atoms with van der Waals surface area (Å²) in [6.07, 6.45) is 14.2. The van der Waals surface area contributed by atoms with Crippen molar-refractivity contribution in [1.29, 1.82) is 10.8 Å². The largest absolute Gasteiger partial charge is 0.497 e. The fraction of sp³-hybridized carbons (Fsp3) is 0.0625. The third-order valence-electron chi connectivity index (χ3n) is 2.60. The predicted octanol–water partition coefficient (Wildman–Crippen LogP) is 3.20. The van der Waals surface area contributed by atoms with Crippen LogP contribution in [-0.2, 0) is 4.74 Å². The van der Waals surface area contributed by atoms with E-state index < -0.39 is 0 Å². The van der Waals surface area contributed by atoms with Gasteiger partial charge in [-0.05, 0) is 23.8 Å². The van der Waals surface area contributed by atoms with Gasteiger partial charge in [-0.1, -0.05) is 18.7 Å². The van der Waals surface area contributed by atoms with Crippen LogP contribution in [0, 0.1) is 10.8 Å². The van der Waals surface area contributed by atoms with Crippen molar-refractivity contribution >= 4 is 18.2 Å². The van der Waals surface area contributed by atoms with Crippen LogP contribution in [0.1, 0.15) is 0 Å². The molecule has 114 valence electrons. The molecule has 1 rings (SSSR count). The molecule has 0 aromatic carbocycles. The fourth-order valence-corrected chi connectivity index (χ4v) is 1.50. The maximum atomic E-state index is 7.52. The summed E-state index contributed by atoms with van der Waals surface area (Å²) in [5.41, 5.74) is 1.30. The number of aromatic nitrogens is 2. The first-order valence-corrected chi connectivity index (χ1v) is 6.48. The minimum atomic E-state index is 0.605. The first kappa shape index (κ1) is 16.9. The lowest BCUT2D eigenvalue weighted by atomic mass is 10.1. The topological polar surface area (TPSA) is 97.6 Å². The van der Waals surface area contributed by atoms with Crippen LogP contribution in [0.2, 0.25) is 0 Å². The Morgan fingerprint density at radius 3 is 2.73 bits per heavy atom. The number of nitrogens with zero attached hydrogens (tertiary/aromatic N) is 1. The average molecular weight is 297 g/mol. The summed E-state index contributed by atoms with van der Waals surface area (Å²) in [5, 5.41) is 24.4. The summed E-state index contributed by atoms with van der Waals surface area (Å²) in [4.78, 5) is 0. The van der Waals surface area contributed by atoms with Crippen molar-refractivity contribution in [3.63, 3.8) is 0 Å². The molecule has 0 aliphatic rings. The van der Waals surface area contributed by atoms with Crippen LogP contribution in [0.4, 0.5) is 5.82 Å². The van der Waals surface area contributed by atoms with Crippen LogP contribution in [0.3, 0.4) is 0 Å². The molecule has 1 heterocycles. The van der Waals surface area contributed by atoms with Crippen LogP contribution >= 0.6 is 0 Å². The Balaban J connectivity index is 2.94. The molecule has 0 amide bonds. The molecule has 0 bridgehead atoms. The van der Waals surface area contributed by atoms with Crippen molar-refractivity contribution in [2.75, 3.05) is 12.4 Å². The van der Waals surface area contributed by atoms with Crippen molar-refractivity contribution in [3.05, 3.63) is 72.3 Å². The van der Waals surface area contributed by atoms with E-state index in [2.05, 4.69) is 22.1 Å². The van der Waals surface area contributed by atoms with Gasteiger partial charge in [0.15, 0.2) is 5.82 Å². The standard InChI is InChI=1S/C16H19N5O/c1-3-15(22-2)6-4-5-13(7-9-17)14(11-18)12-19-16-8-10-20-21-16/h3-12,17-18H,1H2,2H3,(H2,19,20,21)/b5-4+,13-7-,14-12+,15-6+,17-9?,18-11?. The number of nitrogens with one attached hydrogen (secondary N) is 4. The first-order valence-electron chi connectivity index (χ1n) is 6.48. The highest BCUT2D eigenvalue weighted by atomic mass is 16.5. The van der Waals surface area contributed by atoms with Gasteiger partial charge in [-0.3, -0.25) is 5.10 Å². The molecule has 0 fully saturated rings. The zero-order valence-corrected chi connectivity index (χ0v) is 12.3. The van der Waals surface area contributed by atoms with E-state index in [0.29, 0.717) is 22.7 Å². The van der Waals surface area contributed by atoms with Crippen molar-refractivity contribution in [3.8, 4) is 0 Å². The second kappa shape index (κ2) is 9.71. The van der Waals surface area contributed by atoms with E-state index in [9.17, 15) is 0 Å². The Morgan fingerprint density at radius 2 is 2.18 bits per heavy atom. The van der Waals surface area contributed by atoms with E-state index in [4.69, 9.17) is 15.6 Å². The number of allylic oxidation sites excluding steroid dienone is 7. The molecule has 0 saturated heterocycles. The van der Waals surface area contributed by atoms with E-state index in [0.717, 1.165) is 0 Å². The molecule has 1 aromatic rings. The van der Waals surface area contributed by atoms with E-state index >= 15 is 0 Å². The molecule has 0 saturated carbocycles. The van der Waals surface area contributed by atoms with Crippen molar-refractivity contribution in [2.45, 2.75) is 0 Å². The molecule has 22 heavy (non-hydrogen) atoms. The Bertz CT molecular complexity index is 621. The highest BCUT2D eigenvalue weighted by molar-refractivity contribution is 5.87. The normalized spacial score (nSPS) is 13.0. The molecule has 0 atom stereocenters. The Labute approximate surface area is 129 Å². The number of hydrogen-bond donors (Lipinski definition) is 4. The van der Waals surface area contributed by atoms with Crippen LogP contribution in [0.5, 0.6) is 0 Å². The Morgan fingerprint density at radius 1 is 1.36 bits per heavy atom. The zero-order chi connectivity index (χ0) is 16.2. The van der Waals surface area contributed by atoms with Gasteiger partial charge in [0.05, 0.1) is 7.11 Å². The van der Waals surface area contributed by atoms with E-state index in [-0.39, 0.29) is 0 Å². The van der Waals surface area contributed by atoms with Gasteiger partial charge in [0.1, 0.15) is 5.76 Å². The molecule has 0 radical (unpaired) electrons. The van der Waals surface area contributed by atoms with E-state index in [1.165, 1.54) is 12.4 Å². The molecule has 6 heteroatoms. The highest BCUT2D eigenvalue weighted by Gasteiger charge is 1.99. The molecule has 6 nitrogen and oxygen atoms in total. The third kappa shape index (κ3) is 5.46. The SMILES string of the molecule is C=C\C(=C/C=C/C(=C/C=N)C(/C=N)=C/Nc1cc[nH]n1)OC. The quantitative estimate of drug-likeness (QED) is 0.320. The number of hydrogen-bond acceptors (Lipinski definition) is 5. The summed E-state index contributed by atoms with van der Waals surface area (Å²) in [6, 6.07) is 1.77. The Hall–Kier alpha value is -3.15. The van der Waals surface area contributed by atoms with E-state index in [1.807, 2.05) is 0 Å². The van der Waals surface area contributed by atoms with Crippen molar-refractivity contribution < 1.29 is 4.74 Å². The number of ether oxygens (including phenoxy) is 1. The molecule has 1 aromatic heterocycles. The molecule has 0 spiro atoms. The van der Waals surface area contributed by atoms with Crippen LogP contribution in [-0.4, -0.2) is 29.7 Å². The van der Waals surface area contributed by atoms with Gasteiger partial charge in [0.25, 0.3) is 0 Å². The number of anilines is 1. The highest BCUT2D eigenvalue weighted by Crippen LogP contribution is 2.11. The zero-order valence-electron chi connectivity index (χ0n) is 12.3. The summed E-state index contributed by atoms with van der Waals surface area (Å²) >= 11 is 0. The molecule has 0 aliphatic carbocycles. The number of aromatic amines is 1. The van der Waals surface area contributed by atoms with Crippen molar-refractivity contribution in [1.82, 2.24) is 10.2 Å². The summed E-state index contributed by atoms with van der Waals surface area (Å²) in [6.45, 7) is 3.63. The first-order chi connectivity index (χ1) is 10.7. The van der Waals surface area contributed by atoms with Crippen molar-refractivity contribution in [2.24, 2.45) is 0 Å². The van der Waals surface area contributed by atoms with Gasteiger partial charge in [0, 0.05) is 36.5 Å². The molecular weight excluding hydrogens is 278 g/mol. The lowest BCUT2D eigenvalue weighted by molar-refractivity contribution is 0.307. The number of methoxy groups -OCH3 is 1. The predicted molar refractivity (Wildman–Crippen MR) is 90.4 cm³/mol. The number of rotatable bonds is 9. The second-order valence-corrected chi connectivity index (χ2v) is 3.97. The molecule has 4 N–H and O–H groups in total. The summed E-state index contributed by atoms with van der Waals surface area (Å²) in [5.74, 6) is 1.27. The van der Waals surface area contributed by atoms with Gasteiger partial charge in [-0.25, -0.2) is 0 Å². The van der Waals surface area contributed by atoms with Gasteiger partial charge in [-0.2, -0.15) is 5.10 Å². The second-order valence-electron chi connectivity index (χ2n) is 3.97. The van der Waals surface area contributed by atoms with Gasteiger partial charge < -0.3 is 20.9 Å². The fourth-order valence-electron chi connectivity index (χ4n) is 1.50. The van der Waals surface area contributed by atoms with E-state index in [1.54, 1.807) is 56.0 Å². The minimum Gasteiger partial charge on any atom is -0.497 e. The molecule has 0 aliphatic heterocycles. The number of H-pyrrole nitrogens is 1. The molecular formula is C16H19N5O. The van der Waals surface area contributed by atoms with Crippen LogP contribution in [0.15, 0.2) is 72.3 Å². The summed E-state index contributed by atoms with van der Waals surface area (Å²) in [7, 11) is 1.56. The van der Waals surface area contributed by atoms with Gasteiger partial charge in [-0.15, -0.1) is 0 Å². The van der Waals surface area contributed by atoms with Gasteiger partial charge >= 0.3 is 0 Å². The average Bonchev–Trinajstić information content (AvgIpc) is 3.05. The maximum Gasteiger partial charge on any atom is 0.151 e. The van der Waals surface area contributed by atoms with Gasteiger partial charge in [0.2, 0.25) is 0 Å². The monoisotopic (exact) mass is 297 g/mol. The minimum absolute atomic E-state index is 0.605. The van der Waals surface area contributed by atoms with Crippen LogP contribution in [0.25, 0.3) is 0 Å².